The summed E-state index contributed by atoms with van der Waals surface area (Å²) in [4.78, 5) is 29.7. The maximum absolute atomic E-state index is 14.3. The molecule has 186 valence electrons. The molecule has 1 spiro atoms. The number of carbonyl (C=O) groups is 2. The summed E-state index contributed by atoms with van der Waals surface area (Å²) in [5.74, 6) is 0.160. The molecular weight excluding hydrogens is 433 g/mol. The third-order valence-electron chi connectivity index (χ3n) is 8.77. The Balaban J connectivity index is 1.28. The van der Waals surface area contributed by atoms with E-state index in [2.05, 4.69) is 10.2 Å². The van der Waals surface area contributed by atoms with E-state index in [0.717, 1.165) is 82.1 Å². The Labute approximate surface area is 202 Å². The lowest BCUT2D eigenvalue weighted by Crippen LogP contribution is -2.51. The van der Waals surface area contributed by atoms with Crippen LogP contribution in [0.15, 0.2) is 18.2 Å². The molecule has 1 N–H and O–H groups in total. The summed E-state index contributed by atoms with van der Waals surface area (Å²) in [5.41, 5.74) is 1.81. The number of anilines is 1. The van der Waals surface area contributed by atoms with Gasteiger partial charge in [-0.1, -0.05) is 19.3 Å². The Bertz CT molecular complexity index is 910. The predicted molar refractivity (Wildman–Crippen MR) is 129 cm³/mol. The van der Waals surface area contributed by atoms with Crippen molar-refractivity contribution in [2.24, 2.45) is 5.92 Å². The lowest BCUT2D eigenvalue weighted by Gasteiger charge is -2.43. The third kappa shape index (κ3) is 4.56. The SMILES string of the molecule is CCOC(=O)NC1CCCCC(N2CCC3(CC2)CN(C(=O)C2CCC2)c2ccc(F)cc23)C1. The maximum Gasteiger partial charge on any atom is 0.407 e. The second-order valence-corrected chi connectivity index (χ2v) is 10.8. The van der Waals surface area contributed by atoms with Gasteiger partial charge in [0.2, 0.25) is 5.91 Å². The molecule has 7 heteroatoms. The predicted octanol–water partition coefficient (Wildman–Crippen LogP) is 4.75. The number of hydrogen-bond donors (Lipinski definition) is 1. The van der Waals surface area contributed by atoms with Crippen LogP contribution in [0.25, 0.3) is 0 Å². The highest BCUT2D eigenvalue weighted by molar-refractivity contribution is 5.98. The molecule has 2 heterocycles. The van der Waals surface area contributed by atoms with Crippen LogP contribution < -0.4 is 10.2 Å². The van der Waals surface area contributed by atoms with Crippen LogP contribution in [0, 0.1) is 11.7 Å². The van der Waals surface area contributed by atoms with Crippen LogP contribution >= 0.6 is 0 Å². The van der Waals surface area contributed by atoms with Gasteiger partial charge < -0.3 is 19.9 Å². The van der Waals surface area contributed by atoms with Gasteiger partial charge in [-0.3, -0.25) is 4.79 Å². The number of rotatable bonds is 4. The first-order chi connectivity index (χ1) is 16.5. The number of fused-ring (bicyclic) bond motifs is 2. The van der Waals surface area contributed by atoms with Crippen molar-refractivity contribution in [1.29, 1.82) is 0 Å². The first-order valence-electron chi connectivity index (χ1n) is 13.3. The average molecular weight is 472 g/mol. The Morgan fingerprint density at radius 3 is 2.59 bits per heavy atom. The highest BCUT2D eigenvalue weighted by atomic mass is 19.1. The summed E-state index contributed by atoms with van der Waals surface area (Å²) < 4.78 is 19.4. The first kappa shape index (κ1) is 23.6. The molecule has 2 atom stereocenters. The number of alkyl carbamates (subject to hydrolysis) is 1. The number of hydrogen-bond acceptors (Lipinski definition) is 4. The van der Waals surface area contributed by atoms with Crippen LogP contribution in [0.5, 0.6) is 0 Å². The molecule has 0 bridgehead atoms. The van der Waals surface area contributed by atoms with Crippen molar-refractivity contribution < 1.29 is 18.7 Å². The molecule has 34 heavy (non-hydrogen) atoms. The van der Waals surface area contributed by atoms with E-state index in [0.29, 0.717) is 19.2 Å². The normalized spacial score (nSPS) is 27.1. The molecule has 2 aliphatic carbocycles. The number of amides is 2. The Morgan fingerprint density at radius 1 is 1.12 bits per heavy atom. The van der Waals surface area contributed by atoms with Crippen molar-refractivity contribution in [1.82, 2.24) is 10.2 Å². The first-order valence-corrected chi connectivity index (χ1v) is 13.3. The number of likely N-dealkylation sites (tertiary alicyclic amines) is 1. The molecule has 4 aliphatic rings. The molecule has 2 unspecified atom stereocenters. The summed E-state index contributed by atoms with van der Waals surface area (Å²) in [6.07, 6.45) is 10.0. The van der Waals surface area contributed by atoms with Gasteiger partial charge in [0, 0.05) is 35.6 Å². The van der Waals surface area contributed by atoms with Crippen LogP contribution in [0.1, 0.15) is 76.7 Å². The van der Waals surface area contributed by atoms with Crippen LogP contribution in [0.4, 0.5) is 14.9 Å². The van der Waals surface area contributed by atoms with E-state index >= 15 is 0 Å². The molecule has 1 aromatic rings. The molecule has 2 saturated carbocycles. The Kier molecular flexibility index (Phi) is 6.83. The van der Waals surface area contributed by atoms with Gasteiger partial charge in [-0.05, 0) is 88.7 Å². The topological polar surface area (TPSA) is 61.9 Å². The molecule has 2 amide bonds. The highest BCUT2D eigenvalue weighted by Crippen LogP contribution is 2.49. The number of ether oxygens (including phenoxy) is 1. The fraction of sp³-hybridized carbons (Fsp3) is 0.704. The van der Waals surface area contributed by atoms with Crippen LogP contribution in [-0.2, 0) is 14.9 Å². The maximum atomic E-state index is 14.3. The minimum atomic E-state index is -0.313. The summed E-state index contributed by atoms with van der Waals surface area (Å²) >= 11 is 0. The second-order valence-electron chi connectivity index (χ2n) is 10.8. The zero-order valence-corrected chi connectivity index (χ0v) is 20.4. The minimum Gasteiger partial charge on any atom is -0.450 e. The van der Waals surface area contributed by atoms with Crippen molar-refractivity contribution >= 4 is 17.7 Å². The van der Waals surface area contributed by atoms with Crippen molar-refractivity contribution in [3.8, 4) is 0 Å². The van der Waals surface area contributed by atoms with Crippen molar-refractivity contribution in [2.75, 3.05) is 31.1 Å². The summed E-state index contributed by atoms with van der Waals surface area (Å²) in [6, 6.07) is 5.59. The Hall–Kier alpha value is -2.15. The van der Waals surface area contributed by atoms with E-state index in [1.807, 2.05) is 17.9 Å². The number of carbonyl (C=O) groups excluding carboxylic acids is 2. The fourth-order valence-corrected chi connectivity index (χ4v) is 6.60. The number of piperidine rings is 1. The monoisotopic (exact) mass is 471 g/mol. The standard InChI is InChI=1S/C27H38FN3O3/c1-2-34-26(33)29-21-8-3-4-9-22(17-21)30-14-12-27(13-15-30)18-31(25(32)19-6-5-7-19)24-11-10-20(28)16-23(24)27/h10-11,16,19,21-22H,2-9,12-15,17-18H2,1H3,(H,29,33). The third-order valence-corrected chi connectivity index (χ3v) is 8.77. The molecule has 3 fully saturated rings. The van der Waals surface area contributed by atoms with Crippen molar-refractivity contribution in [2.45, 2.75) is 88.6 Å². The zero-order chi connectivity index (χ0) is 23.7. The van der Waals surface area contributed by atoms with E-state index in [9.17, 15) is 14.0 Å². The lowest BCUT2D eigenvalue weighted by molar-refractivity contribution is -0.124. The van der Waals surface area contributed by atoms with E-state index < -0.39 is 0 Å². The van der Waals surface area contributed by atoms with Gasteiger partial charge in [0.15, 0.2) is 0 Å². The average Bonchev–Trinajstić information content (AvgIpc) is 2.92. The van der Waals surface area contributed by atoms with Crippen molar-refractivity contribution in [3.05, 3.63) is 29.6 Å². The number of benzene rings is 1. The highest BCUT2D eigenvalue weighted by Gasteiger charge is 2.48. The lowest BCUT2D eigenvalue weighted by atomic mass is 9.73. The number of nitrogens with zero attached hydrogens (tertiary/aromatic N) is 2. The van der Waals surface area contributed by atoms with Gasteiger partial charge in [0.25, 0.3) is 0 Å². The summed E-state index contributed by atoms with van der Waals surface area (Å²) in [7, 11) is 0. The van der Waals surface area contributed by atoms with Gasteiger partial charge in [-0.2, -0.15) is 0 Å². The molecular formula is C27H38FN3O3. The largest absolute Gasteiger partial charge is 0.450 e. The van der Waals surface area contributed by atoms with E-state index in [4.69, 9.17) is 4.74 Å². The molecule has 5 rings (SSSR count). The quantitative estimate of drug-likeness (QED) is 0.644. The summed E-state index contributed by atoms with van der Waals surface area (Å²) in [6.45, 7) is 4.79. The zero-order valence-electron chi connectivity index (χ0n) is 20.4. The molecule has 1 saturated heterocycles. The van der Waals surface area contributed by atoms with Crippen LogP contribution in [-0.4, -0.2) is 55.2 Å². The van der Waals surface area contributed by atoms with Gasteiger partial charge in [0.1, 0.15) is 5.82 Å². The van der Waals surface area contributed by atoms with Crippen molar-refractivity contribution in [3.63, 3.8) is 0 Å². The van der Waals surface area contributed by atoms with Gasteiger partial charge in [-0.15, -0.1) is 0 Å². The smallest absolute Gasteiger partial charge is 0.407 e. The van der Waals surface area contributed by atoms with E-state index in [1.165, 1.54) is 12.5 Å². The molecule has 2 aliphatic heterocycles. The number of halogens is 1. The van der Waals surface area contributed by atoms with Gasteiger partial charge in [-0.25, -0.2) is 9.18 Å². The van der Waals surface area contributed by atoms with Crippen LogP contribution in [0.3, 0.4) is 0 Å². The van der Waals surface area contributed by atoms with Crippen LogP contribution in [0.2, 0.25) is 0 Å². The van der Waals surface area contributed by atoms with E-state index in [-0.39, 0.29) is 35.2 Å². The molecule has 6 nitrogen and oxygen atoms in total. The Morgan fingerprint density at radius 2 is 1.88 bits per heavy atom. The molecule has 0 radical (unpaired) electrons. The van der Waals surface area contributed by atoms with E-state index in [1.54, 1.807) is 6.07 Å². The molecule has 0 aromatic heterocycles. The molecule has 1 aromatic carbocycles. The van der Waals surface area contributed by atoms with Gasteiger partial charge >= 0.3 is 6.09 Å². The minimum absolute atomic E-state index is 0.142. The summed E-state index contributed by atoms with van der Waals surface area (Å²) in [5, 5.41) is 3.06. The second kappa shape index (κ2) is 9.84. The fourth-order valence-electron chi connectivity index (χ4n) is 6.60. The van der Waals surface area contributed by atoms with Gasteiger partial charge in [0.05, 0.1) is 6.61 Å². The number of nitrogens with one attached hydrogen (secondary N) is 1.